The third kappa shape index (κ3) is 1.89. The summed E-state index contributed by atoms with van der Waals surface area (Å²) < 4.78 is 0. The summed E-state index contributed by atoms with van der Waals surface area (Å²) in [4.78, 5) is 11.6. The van der Waals surface area contributed by atoms with Crippen LogP contribution < -0.4 is 0 Å². The van der Waals surface area contributed by atoms with E-state index in [-0.39, 0.29) is 16.6 Å². The number of rotatable bonds is 3. The van der Waals surface area contributed by atoms with Crippen molar-refractivity contribution in [1.29, 1.82) is 0 Å². The van der Waals surface area contributed by atoms with E-state index in [1.807, 2.05) is 32.0 Å². The van der Waals surface area contributed by atoms with Crippen LogP contribution in [0.15, 0.2) is 30.3 Å². The Balaban J connectivity index is 1.95. The van der Waals surface area contributed by atoms with Crippen LogP contribution in [-0.4, -0.2) is 11.2 Å². The molecule has 0 bridgehead atoms. The Hall–Kier alpha value is -0.820. The van der Waals surface area contributed by atoms with Crippen molar-refractivity contribution in [3.63, 3.8) is 0 Å². The van der Waals surface area contributed by atoms with E-state index in [1.165, 1.54) is 5.56 Å². The molecule has 1 aliphatic rings. The highest BCUT2D eigenvalue weighted by Gasteiger charge is 2.54. The van der Waals surface area contributed by atoms with Crippen LogP contribution in [0, 0.1) is 11.3 Å². The Bertz CT molecular complexity index is 383. The molecule has 1 fully saturated rings. The predicted octanol–water partition coefficient (Wildman–Crippen LogP) is 3.45. The first-order chi connectivity index (χ1) is 7.53. The van der Waals surface area contributed by atoms with Gasteiger partial charge in [-0.1, -0.05) is 44.2 Å². The Morgan fingerprint density at radius 1 is 1.25 bits per heavy atom. The molecule has 0 amide bonds. The van der Waals surface area contributed by atoms with E-state index in [1.54, 1.807) is 0 Å². The van der Waals surface area contributed by atoms with Crippen molar-refractivity contribution in [1.82, 2.24) is 0 Å². The smallest absolute Gasteiger partial charge is 0.156 e. The molecule has 1 aliphatic carbocycles. The molecule has 2 rings (SSSR count). The summed E-state index contributed by atoms with van der Waals surface area (Å²) in [6.45, 7) is 4.01. The normalized spacial score (nSPS) is 27.6. The molecule has 86 valence electrons. The summed E-state index contributed by atoms with van der Waals surface area (Å²) in [5.74, 6) is 0.522. The fourth-order valence-corrected chi connectivity index (χ4v) is 3.19. The standard InChI is InChI=1S/C14H17ClO/c1-14(2)11(12(15)13(14)16)9-8-10-6-4-3-5-7-10/h3-7,11-12H,8-9H2,1-2H3. The van der Waals surface area contributed by atoms with Crippen LogP contribution >= 0.6 is 11.6 Å². The number of hydrogen-bond acceptors (Lipinski definition) is 1. The fourth-order valence-electron chi connectivity index (χ4n) is 2.46. The van der Waals surface area contributed by atoms with Crippen molar-refractivity contribution in [2.24, 2.45) is 11.3 Å². The molecule has 0 radical (unpaired) electrons. The lowest BCUT2D eigenvalue weighted by molar-refractivity contribution is -0.142. The zero-order valence-electron chi connectivity index (χ0n) is 9.74. The summed E-state index contributed by atoms with van der Waals surface area (Å²) in [6, 6.07) is 10.4. The topological polar surface area (TPSA) is 17.1 Å². The quantitative estimate of drug-likeness (QED) is 0.735. The Morgan fingerprint density at radius 2 is 1.88 bits per heavy atom. The SMILES string of the molecule is CC1(C)C(=O)C(Cl)C1CCc1ccccc1. The molecular weight excluding hydrogens is 220 g/mol. The Kier molecular flexibility index (Phi) is 3.07. The van der Waals surface area contributed by atoms with Crippen molar-refractivity contribution < 1.29 is 4.79 Å². The molecule has 16 heavy (non-hydrogen) atoms. The summed E-state index contributed by atoms with van der Waals surface area (Å²) in [5.41, 5.74) is 1.10. The molecule has 1 saturated carbocycles. The van der Waals surface area contributed by atoms with Gasteiger partial charge in [-0.05, 0) is 24.3 Å². The van der Waals surface area contributed by atoms with Crippen LogP contribution in [0.2, 0.25) is 0 Å². The zero-order valence-corrected chi connectivity index (χ0v) is 10.5. The van der Waals surface area contributed by atoms with Gasteiger partial charge in [0.2, 0.25) is 0 Å². The van der Waals surface area contributed by atoms with Gasteiger partial charge >= 0.3 is 0 Å². The largest absolute Gasteiger partial charge is 0.297 e. The van der Waals surface area contributed by atoms with Crippen LogP contribution in [0.1, 0.15) is 25.8 Å². The lowest BCUT2D eigenvalue weighted by Crippen LogP contribution is -2.55. The first kappa shape index (κ1) is 11.7. The van der Waals surface area contributed by atoms with Crippen molar-refractivity contribution in [2.45, 2.75) is 32.1 Å². The second kappa shape index (κ2) is 4.21. The number of halogens is 1. The highest BCUT2D eigenvalue weighted by Crippen LogP contribution is 2.48. The van der Waals surface area contributed by atoms with E-state index >= 15 is 0 Å². The van der Waals surface area contributed by atoms with Gasteiger partial charge in [0.1, 0.15) is 0 Å². The number of carbonyl (C=O) groups excluding carboxylic acids is 1. The second-order valence-corrected chi connectivity index (χ2v) is 5.59. The van der Waals surface area contributed by atoms with Crippen molar-refractivity contribution >= 4 is 17.4 Å². The van der Waals surface area contributed by atoms with Crippen molar-refractivity contribution in [3.8, 4) is 0 Å². The molecule has 0 aromatic heterocycles. The molecule has 2 atom stereocenters. The van der Waals surface area contributed by atoms with E-state index < -0.39 is 0 Å². The van der Waals surface area contributed by atoms with Crippen LogP contribution in [0.5, 0.6) is 0 Å². The minimum absolute atomic E-state index is 0.201. The third-order valence-electron chi connectivity index (χ3n) is 3.75. The average Bonchev–Trinajstić information content (AvgIpc) is 2.29. The van der Waals surface area contributed by atoms with Gasteiger partial charge in [-0.25, -0.2) is 0 Å². The van der Waals surface area contributed by atoms with Gasteiger partial charge in [0, 0.05) is 5.41 Å². The molecule has 0 spiro atoms. The number of aryl methyl sites for hydroxylation is 1. The van der Waals surface area contributed by atoms with Crippen LogP contribution in [0.4, 0.5) is 0 Å². The molecule has 0 aliphatic heterocycles. The summed E-state index contributed by atoms with van der Waals surface area (Å²) >= 11 is 6.07. The van der Waals surface area contributed by atoms with E-state index in [0.29, 0.717) is 5.92 Å². The zero-order chi connectivity index (χ0) is 11.8. The van der Waals surface area contributed by atoms with Crippen LogP contribution in [0.3, 0.4) is 0 Å². The first-order valence-corrected chi connectivity index (χ1v) is 6.19. The van der Waals surface area contributed by atoms with Crippen molar-refractivity contribution in [3.05, 3.63) is 35.9 Å². The van der Waals surface area contributed by atoms with Gasteiger partial charge in [-0.2, -0.15) is 0 Å². The van der Waals surface area contributed by atoms with E-state index in [0.717, 1.165) is 12.8 Å². The minimum Gasteiger partial charge on any atom is -0.297 e. The van der Waals surface area contributed by atoms with Crippen molar-refractivity contribution in [2.75, 3.05) is 0 Å². The molecule has 1 aromatic carbocycles. The number of benzene rings is 1. The van der Waals surface area contributed by atoms with Crippen LogP contribution in [-0.2, 0) is 11.2 Å². The van der Waals surface area contributed by atoms with Gasteiger partial charge in [0.25, 0.3) is 0 Å². The van der Waals surface area contributed by atoms with E-state index in [4.69, 9.17) is 11.6 Å². The number of carbonyl (C=O) groups is 1. The minimum atomic E-state index is -0.265. The fraction of sp³-hybridized carbons (Fsp3) is 0.500. The number of hydrogen-bond donors (Lipinski definition) is 0. The highest BCUT2D eigenvalue weighted by atomic mass is 35.5. The second-order valence-electron chi connectivity index (χ2n) is 5.12. The molecule has 2 unspecified atom stereocenters. The molecule has 0 N–H and O–H groups in total. The highest BCUT2D eigenvalue weighted by molar-refractivity contribution is 6.34. The molecular formula is C14H17ClO. The summed E-state index contributed by atoms with van der Waals surface area (Å²) in [5, 5.41) is -0.265. The molecule has 0 heterocycles. The van der Waals surface area contributed by atoms with E-state index in [2.05, 4.69) is 12.1 Å². The third-order valence-corrected chi connectivity index (χ3v) is 4.25. The van der Waals surface area contributed by atoms with Gasteiger partial charge in [0.15, 0.2) is 5.78 Å². The Morgan fingerprint density at radius 3 is 2.44 bits per heavy atom. The van der Waals surface area contributed by atoms with Gasteiger partial charge in [0.05, 0.1) is 5.38 Å². The summed E-state index contributed by atoms with van der Waals surface area (Å²) in [6.07, 6.45) is 2.00. The average molecular weight is 237 g/mol. The first-order valence-electron chi connectivity index (χ1n) is 5.76. The molecule has 0 saturated heterocycles. The monoisotopic (exact) mass is 236 g/mol. The van der Waals surface area contributed by atoms with Crippen LogP contribution in [0.25, 0.3) is 0 Å². The molecule has 1 aromatic rings. The van der Waals surface area contributed by atoms with Gasteiger partial charge in [-0.15, -0.1) is 11.6 Å². The van der Waals surface area contributed by atoms with E-state index in [9.17, 15) is 4.79 Å². The maximum absolute atomic E-state index is 11.6. The molecule has 1 nitrogen and oxygen atoms in total. The molecule has 2 heteroatoms. The summed E-state index contributed by atoms with van der Waals surface area (Å²) in [7, 11) is 0. The Labute approximate surface area is 102 Å². The number of ketones is 1. The number of Topliss-reactive ketones (excluding diaryl/α,β-unsaturated/α-hetero) is 1. The number of alkyl halides is 1. The lowest BCUT2D eigenvalue weighted by Gasteiger charge is -2.46. The predicted molar refractivity (Wildman–Crippen MR) is 66.7 cm³/mol. The van der Waals surface area contributed by atoms with Gasteiger partial charge < -0.3 is 0 Å². The van der Waals surface area contributed by atoms with Gasteiger partial charge in [-0.3, -0.25) is 4.79 Å². The maximum Gasteiger partial charge on any atom is 0.156 e. The lowest BCUT2D eigenvalue weighted by atomic mass is 9.59. The maximum atomic E-state index is 11.6.